The quantitative estimate of drug-likeness (QED) is 0.929. The van der Waals surface area contributed by atoms with Crippen LogP contribution in [0.25, 0.3) is 11.3 Å². The van der Waals surface area contributed by atoms with Gasteiger partial charge in [0.2, 0.25) is 0 Å². The number of aryl methyl sites for hydroxylation is 1. The molecule has 116 valence electrons. The van der Waals surface area contributed by atoms with Crippen LogP contribution in [-0.2, 0) is 0 Å². The summed E-state index contributed by atoms with van der Waals surface area (Å²) in [7, 11) is 0. The van der Waals surface area contributed by atoms with Gasteiger partial charge in [0, 0.05) is 12.1 Å². The van der Waals surface area contributed by atoms with Crippen LogP contribution in [0.15, 0.2) is 34.9 Å². The normalized spacial score (nSPS) is 15.7. The van der Waals surface area contributed by atoms with Crippen LogP contribution >= 0.6 is 0 Å². The zero-order valence-electron chi connectivity index (χ0n) is 13.0. The van der Waals surface area contributed by atoms with Crippen molar-refractivity contribution < 1.29 is 9.32 Å². The van der Waals surface area contributed by atoms with E-state index in [-0.39, 0.29) is 5.91 Å². The molecule has 1 aliphatic rings. The Morgan fingerprint density at radius 1 is 1.23 bits per heavy atom. The number of hydrogen-bond acceptors (Lipinski definition) is 3. The highest BCUT2D eigenvalue weighted by molar-refractivity contribution is 6.00. The molecule has 0 aliphatic heterocycles. The number of nitrogens with zero attached hydrogens (tertiary/aromatic N) is 1. The molecule has 1 N–H and O–H groups in total. The second kappa shape index (κ2) is 6.77. The van der Waals surface area contributed by atoms with E-state index in [0.717, 1.165) is 12.1 Å². The molecular weight excluding hydrogens is 276 g/mol. The Balaban J connectivity index is 1.73. The molecule has 1 aliphatic carbocycles. The zero-order valence-corrected chi connectivity index (χ0v) is 13.0. The number of carbonyl (C=O) groups excluding carboxylic acids is 1. The number of rotatable bonds is 4. The summed E-state index contributed by atoms with van der Waals surface area (Å²) in [5.41, 5.74) is 2.09. The van der Waals surface area contributed by atoms with E-state index in [1.54, 1.807) is 6.92 Å². The first-order chi connectivity index (χ1) is 10.8. The van der Waals surface area contributed by atoms with Crippen molar-refractivity contribution >= 4 is 5.91 Å². The van der Waals surface area contributed by atoms with Crippen molar-refractivity contribution in [1.82, 2.24) is 10.5 Å². The van der Waals surface area contributed by atoms with E-state index >= 15 is 0 Å². The topological polar surface area (TPSA) is 55.1 Å². The monoisotopic (exact) mass is 298 g/mol. The van der Waals surface area contributed by atoms with Crippen molar-refractivity contribution in [2.75, 3.05) is 6.54 Å². The number of benzene rings is 1. The second-order valence-corrected chi connectivity index (χ2v) is 6.04. The van der Waals surface area contributed by atoms with Gasteiger partial charge < -0.3 is 9.84 Å². The summed E-state index contributed by atoms with van der Waals surface area (Å²) in [4.78, 5) is 12.6. The van der Waals surface area contributed by atoms with Crippen LogP contribution < -0.4 is 5.32 Å². The van der Waals surface area contributed by atoms with Crippen LogP contribution in [0.1, 0.15) is 48.2 Å². The van der Waals surface area contributed by atoms with Crippen molar-refractivity contribution in [1.29, 1.82) is 0 Å². The minimum Gasteiger partial charge on any atom is -0.360 e. The predicted molar refractivity (Wildman–Crippen MR) is 85.6 cm³/mol. The molecule has 0 bridgehead atoms. The predicted octanol–water partition coefficient (Wildman–Crippen LogP) is 3.96. The van der Waals surface area contributed by atoms with Crippen LogP contribution in [0, 0.1) is 12.8 Å². The largest absolute Gasteiger partial charge is 0.360 e. The zero-order chi connectivity index (χ0) is 15.4. The van der Waals surface area contributed by atoms with E-state index in [9.17, 15) is 4.79 Å². The highest BCUT2D eigenvalue weighted by Gasteiger charge is 2.22. The molecule has 0 spiro atoms. The van der Waals surface area contributed by atoms with Gasteiger partial charge >= 0.3 is 0 Å². The van der Waals surface area contributed by atoms with Gasteiger partial charge in [-0.15, -0.1) is 0 Å². The van der Waals surface area contributed by atoms with Crippen LogP contribution in [0.3, 0.4) is 0 Å². The third kappa shape index (κ3) is 3.21. The maximum absolute atomic E-state index is 12.6. The Hall–Kier alpha value is -2.10. The SMILES string of the molecule is Cc1onc(-c2ccccc2)c1C(=O)NCC1CCCCC1. The third-order valence-electron chi connectivity index (χ3n) is 4.41. The molecule has 3 rings (SSSR count). The first kappa shape index (κ1) is 14.8. The summed E-state index contributed by atoms with van der Waals surface area (Å²) in [5, 5.41) is 7.13. The molecule has 1 fully saturated rings. The second-order valence-electron chi connectivity index (χ2n) is 6.04. The highest BCUT2D eigenvalue weighted by atomic mass is 16.5. The van der Waals surface area contributed by atoms with E-state index < -0.39 is 0 Å². The van der Waals surface area contributed by atoms with Crippen molar-refractivity contribution in [2.24, 2.45) is 5.92 Å². The van der Waals surface area contributed by atoms with Gasteiger partial charge in [0.15, 0.2) is 0 Å². The molecule has 1 aromatic heterocycles. The molecule has 2 aromatic rings. The minimum atomic E-state index is -0.0804. The lowest BCUT2D eigenvalue weighted by Gasteiger charge is -2.21. The first-order valence-electron chi connectivity index (χ1n) is 8.05. The van der Waals surface area contributed by atoms with Crippen LogP contribution in [-0.4, -0.2) is 17.6 Å². The Labute approximate surface area is 130 Å². The lowest BCUT2D eigenvalue weighted by Crippen LogP contribution is -2.30. The summed E-state index contributed by atoms with van der Waals surface area (Å²) < 4.78 is 5.25. The maximum Gasteiger partial charge on any atom is 0.257 e. The van der Waals surface area contributed by atoms with E-state index in [1.807, 2.05) is 30.3 Å². The lowest BCUT2D eigenvalue weighted by atomic mass is 9.89. The number of nitrogens with one attached hydrogen (secondary N) is 1. The van der Waals surface area contributed by atoms with E-state index in [2.05, 4.69) is 10.5 Å². The molecule has 0 atom stereocenters. The molecule has 1 aromatic carbocycles. The fourth-order valence-electron chi connectivity index (χ4n) is 3.15. The Morgan fingerprint density at radius 2 is 1.95 bits per heavy atom. The summed E-state index contributed by atoms with van der Waals surface area (Å²) in [6.45, 7) is 2.53. The van der Waals surface area contributed by atoms with E-state index in [1.165, 1.54) is 32.1 Å². The van der Waals surface area contributed by atoms with Crippen LogP contribution in [0.2, 0.25) is 0 Å². The molecule has 0 saturated heterocycles. The van der Waals surface area contributed by atoms with Gasteiger partial charge in [-0.2, -0.15) is 0 Å². The van der Waals surface area contributed by atoms with Gasteiger partial charge in [-0.05, 0) is 25.7 Å². The number of amides is 1. The average molecular weight is 298 g/mol. The fourth-order valence-corrected chi connectivity index (χ4v) is 3.15. The first-order valence-corrected chi connectivity index (χ1v) is 8.05. The molecule has 4 nitrogen and oxygen atoms in total. The smallest absolute Gasteiger partial charge is 0.257 e. The summed E-state index contributed by atoms with van der Waals surface area (Å²) >= 11 is 0. The molecule has 1 saturated carbocycles. The molecule has 0 unspecified atom stereocenters. The van der Waals surface area contributed by atoms with E-state index in [4.69, 9.17) is 4.52 Å². The number of carbonyl (C=O) groups is 1. The molecule has 1 amide bonds. The lowest BCUT2D eigenvalue weighted by molar-refractivity contribution is 0.0942. The van der Waals surface area contributed by atoms with Gasteiger partial charge in [-0.25, -0.2) is 0 Å². The molecular formula is C18H22N2O2. The van der Waals surface area contributed by atoms with Gasteiger partial charge in [-0.3, -0.25) is 4.79 Å². The molecule has 0 radical (unpaired) electrons. The molecule has 4 heteroatoms. The van der Waals surface area contributed by atoms with Crippen molar-refractivity contribution in [3.8, 4) is 11.3 Å². The summed E-state index contributed by atoms with van der Waals surface area (Å²) in [5.74, 6) is 1.10. The Morgan fingerprint density at radius 3 is 2.68 bits per heavy atom. The fraction of sp³-hybridized carbons (Fsp3) is 0.444. The van der Waals surface area contributed by atoms with Gasteiger partial charge in [0.05, 0.1) is 0 Å². The number of aromatic nitrogens is 1. The Kier molecular flexibility index (Phi) is 4.56. The van der Waals surface area contributed by atoms with Gasteiger partial charge in [-0.1, -0.05) is 54.8 Å². The van der Waals surface area contributed by atoms with E-state index in [0.29, 0.717) is 22.9 Å². The molecule has 1 heterocycles. The van der Waals surface area contributed by atoms with Crippen molar-refractivity contribution in [3.63, 3.8) is 0 Å². The van der Waals surface area contributed by atoms with Crippen molar-refractivity contribution in [2.45, 2.75) is 39.0 Å². The maximum atomic E-state index is 12.6. The average Bonchev–Trinajstić information content (AvgIpc) is 2.96. The summed E-state index contributed by atoms with van der Waals surface area (Å²) in [6, 6.07) is 9.69. The van der Waals surface area contributed by atoms with Crippen LogP contribution in [0.4, 0.5) is 0 Å². The standard InChI is InChI=1S/C18H22N2O2/c1-13-16(17(20-22-13)15-10-6-3-7-11-15)18(21)19-12-14-8-4-2-5-9-14/h3,6-7,10-11,14H,2,4-5,8-9,12H2,1H3,(H,19,21). The van der Waals surface area contributed by atoms with Gasteiger partial charge in [0.1, 0.15) is 17.0 Å². The molecule has 22 heavy (non-hydrogen) atoms. The van der Waals surface area contributed by atoms with Crippen molar-refractivity contribution in [3.05, 3.63) is 41.7 Å². The Bertz CT molecular complexity index is 628. The van der Waals surface area contributed by atoms with Gasteiger partial charge in [0.25, 0.3) is 5.91 Å². The van der Waals surface area contributed by atoms with Crippen LogP contribution in [0.5, 0.6) is 0 Å². The third-order valence-corrected chi connectivity index (χ3v) is 4.41. The number of hydrogen-bond donors (Lipinski definition) is 1. The minimum absolute atomic E-state index is 0.0804. The summed E-state index contributed by atoms with van der Waals surface area (Å²) in [6.07, 6.45) is 6.32. The highest BCUT2D eigenvalue weighted by Crippen LogP contribution is 2.26.